The third kappa shape index (κ3) is 5.78. The van der Waals surface area contributed by atoms with Crippen LogP contribution in [-0.4, -0.2) is 62.7 Å². The van der Waals surface area contributed by atoms with Crippen LogP contribution < -0.4 is 0 Å². The molecule has 0 heterocycles. The number of ether oxygens (including phenoxy) is 2. The molecule has 0 amide bonds. The molecule has 0 bridgehead atoms. The van der Waals surface area contributed by atoms with Gasteiger partial charge in [0.05, 0.1) is 19.3 Å². The van der Waals surface area contributed by atoms with Crippen molar-refractivity contribution >= 4 is 0 Å². The summed E-state index contributed by atoms with van der Waals surface area (Å²) < 4.78 is 10.4. The summed E-state index contributed by atoms with van der Waals surface area (Å²) in [6.07, 6.45) is 5.55. The third-order valence-corrected chi connectivity index (χ3v) is 4.22. The number of rotatable bonds is 9. The molecule has 0 aliphatic heterocycles. The zero-order valence-electron chi connectivity index (χ0n) is 12.8. The van der Waals surface area contributed by atoms with Gasteiger partial charge < -0.3 is 14.6 Å². The lowest BCUT2D eigenvalue weighted by atomic mass is 9.81. The molecular weight excluding hydrogens is 242 g/mol. The molecule has 1 aliphatic carbocycles. The largest absolute Gasteiger partial charge is 0.391 e. The number of methoxy groups -OCH3 is 2. The summed E-state index contributed by atoms with van der Waals surface area (Å²) in [6, 6.07) is 0.274. The molecule has 19 heavy (non-hydrogen) atoms. The van der Waals surface area contributed by atoms with E-state index in [1.807, 2.05) is 0 Å². The second-order valence-electron chi connectivity index (χ2n) is 5.62. The molecule has 1 aliphatic rings. The van der Waals surface area contributed by atoms with E-state index in [1.54, 1.807) is 14.2 Å². The van der Waals surface area contributed by atoms with Crippen molar-refractivity contribution < 1.29 is 14.6 Å². The van der Waals surface area contributed by atoms with Crippen LogP contribution in [0.2, 0.25) is 0 Å². The molecule has 1 saturated carbocycles. The maximum Gasteiger partial charge on any atom is 0.0695 e. The fourth-order valence-electron chi connectivity index (χ4n) is 3.14. The summed E-state index contributed by atoms with van der Waals surface area (Å²) in [7, 11) is 3.46. The number of aliphatic hydroxyl groups excluding tert-OH is 1. The van der Waals surface area contributed by atoms with Crippen molar-refractivity contribution in [3.8, 4) is 0 Å². The molecule has 1 rings (SSSR count). The van der Waals surface area contributed by atoms with Crippen molar-refractivity contribution in [2.75, 3.05) is 40.5 Å². The summed E-state index contributed by atoms with van der Waals surface area (Å²) in [6.45, 7) is 5.42. The van der Waals surface area contributed by atoms with E-state index < -0.39 is 0 Å². The van der Waals surface area contributed by atoms with Crippen LogP contribution in [0.4, 0.5) is 0 Å². The maximum absolute atomic E-state index is 10.3. The predicted octanol–water partition coefficient (Wildman–Crippen LogP) is 1.91. The van der Waals surface area contributed by atoms with Gasteiger partial charge in [0.1, 0.15) is 0 Å². The number of hydrogen-bond acceptors (Lipinski definition) is 4. The van der Waals surface area contributed by atoms with E-state index in [0.717, 1.165) is 31.8 Å². The van der Waals surface area contributed by atoms with Gasteiger partial charge in [-0.1, -0.05) is 19.8 Å². The van der Waals surface area contributed by atoms with Crippen LogP contribution in [-0.2, 0) is 9.47 Å². The van der Waals surface area contributed by atoms with Gasteiger partial charge in [0.25, 0.3) is 0 Å². The Balaban J connectivity index is 2.56. The molecule has 1 fully saturated rings. The van der Waals surface area contributed by atoms with E-state index in [1.165, 1.54) is 19.3 Å². The minimum absolute atomic E-state index is 0.193. The molecule has 3 unspecified atom stereocenters. The fraction of sp³-hybridized carbons (Fsp3) is 1.00. The number of hydrogen-bond donors (Lipinski definition) is 1. The zero-order valence-corrected chi connectivity index (χ0v) is 12.8. The van der Waals surface area contributed by atoms with Gasteiger partial charge >= 0.3 is 0 Å². The molecule has 0 aromatic heterocycles. The second kappa shape index (κ2) is 9.70. The Bertz CT molecular complexity index is 217. The van der Waals surface area contributed by atoms with Crippen molar-refractivity contribution in [2.45, 2.75) is 51.2 Å². The minimum atomic E-state index is -0.193. The standard InChI is InChI=1S/C15H31NO3/c1-4-5-13-6-7-15(17)14(12-13)16(8-10-18-2)9-11-19-3/h13-15,17H,4-12H2,1-3H3. The average Bonchev–Trinajstić information content (AvgIpc) is 2.42. The van der Waals surface area contributed by atoms with Crippen LogP contribution in [0.25, 0.3) is 0 Å². The fourth-order valence-corrected chi connectivity index (χ4v) is 3.14. The van der Waals surface area contributed by atoms with Crippen LogP contribution in [0.5, 0.6) is 0 Å². The van der Waals surface area contributed by atoms with Gasteiger partial charge in [-0.2, -0.15) is 0 Å². The van der Waals surface area contributed by atoms with Crippen LogP contribution in [0, 0.1) is 5.92 Å². The van der Waals surface area contributed by atoms with Gasteiger partial charge in [-0.3, -0.25) is 4.90 Å². The van der Waals surface area contributed by atoms with E-state index >= 15 is 0 Å². The highest BCUT2D eigenvalue weighted by Gasteiger charge is 2.32. The highest BCUT2D eigenvalue weighted by molar-refractivity contribution is 4.86. The lowest BCUT2D eigenvalue weighted by molar-refractivity contribution is -0.0157. The summed E-state index contributed by atoms with van der Waals surface area (Å²) in [5.41, 5.74) is 0. The Kier molecular flexibility index (Phi) is 8.62. The molecule has 0 saturated heterocycles. The van der Waals surface area contributed by atoms with E-state index in [0.29, 0.717) is 13.2 Å². The molecule has 0 radical (unpaired) electrons. The smallest absolute Gasteiger partial charge is 0.0695 e. The first-order chi connectivity index (χ1) is 9.22. The molecule has 4 nitrogen and oxygen atoms in total. The SMILES string of the molecule is CCCC1CCC(O)C(N(CCOC)CCOC)C1. The van der Waals surface area contributed by atoms with Gasteiger partial charge in [0.15, 0.2) is 0 Å². The number of nitrogens with zero attached hydrogens (tertiary/aromatic N) is 1. The zero-order chi connectivity index (χ0) is 14.1. The topological polar surface area (TPSA) is 41.9 Å². The average molecular weight is 273 g/mol. The molecule has 4 heteroatoms. The first-order valence-corrected chi connectivity index (χ1v) is 7.62. The first kappa shape index (κ1) is 16.9. The third-order valence-electron chi connectivity index (χ3n) is 4.22. The van der Waals surface area contributed by atoms with Gasteiger partial charge in [-0.15, -0.1) is 0 Å². The van der Waals surface area contributed by atoms with Crippen molar-refractivity contribution in [3.05, 3.63) is 0 Å². The van der Waals surface area contributed by atoms with Gasteiger partial charge in [-0.05, 0) is 25.2 Å². The number of aliphatic hydroxyl groups is 1. The highest BCUT2D eigenvalue weighted by atomic mass is 16.5. The van der Waals surface area contributed by atoms with Crippen molar-refractivity contribution in [1.29, 1.82) is 0 Å². The molecule has 114 valence electrons. The minimum Gasteiger partial charge on any atom is -0.391 e. The van der Waals surface area contributed by atoms with E-state index in [4.69, 9.17) is 9.47 Å². The normalized spacial score (nSPS) is 27.9. The van der Waals surface area contributed by atoms with E-state index in [2.05, 4.69) is 11.8 Å². The first-order valence-electron chi connectivity index (χ1n) is 7.62. The Morgan fingerprint density at radius 1 is 1.11 bits per heavy atom. The Morgan fingerprint density at radius 3 is 2.26 bits per heavy atom. The molecule has 0 spiro atoms. The van der Waals surface area contributed by atoms with Crippen molar-refractivity contribution in [2.24, 2.45) is 5.92 Å². The molecule has 3 atom stereocenters. The summed E-state index contributed by atoms with van der Waals surface area (Å²) in [5.74, 6) is 0.769. The predicted molar refractivity (Wildman–Crippen MR) is 77.4 cm³/mol. The van der Waals surface area contributed by atoms with E-state index in [-0.39, 0.29) is 12.1 Å². The van der Waals surface area contributed by atoms with Gasteiger partial charge in [0, 0.05) is 33.4 Å². The lowest BCUT2D eigenvalue weighted by Crippen LogP contribution is -2.49. The van der Waals surface area contributed by atoms with Crippen LogP contribution in [0.3, 0.4) is 0 Å². The summed E-state index contributed by atoms with van der Waals surface area (Å²) >= 11 is 0. The molecule has 0 aromatic rings. The maximum atomic E-state index is 10.3. The Morgan fingerprint density at radius 2 is 1.74 bits per heavy atom. The van der Waals surface area contributed by atoms with Gasteiger partial charge in [-0.25, -0.2) is 0 Å². The highest BCUT2D eigenvalue weighted by Crippen LogP contribution is 2.31. The summed E-state index contributed by atoms with van der Waals surface area (Å²) in [5, 5.41) is 10.3. The Hall–Kier alpha value is -0.160. The molecular formula is C15H31NO3. The quantitative estimate of drug-likeness (QED) is 0.697. The van der Waals surface area contributed by atoms with E-state index in [9.17, 15) is 5.11 Å². The van der Waals surface area contributed by atoms with Crippen LogP contribution in [0.15, 0.2) is 0 Å². The van der Waals surface area contributed by atoms with Crippen molar-refractivity contribution in [3.63, 3.8) is 0 Å². The monoisotopic (exact) mass is 273 g/mol. The Labute approximate surface area is 118 Å². The molecule has 1 N–H and O–H groups in total. The van der Waals surface area contributed by atoms with Crippen molar-refractivity contribution in [1.82, 2.24) is 4.90 Å². The van der Waals surface area contributed by atoms with Gasteiger partial charge in [0.2, 0.25) is 0 Å². The van der Waals surface area contributed by atoms with Crippen LogP contribution in [0.1, 0.15) is 39.0 Å². The lowest BCUT2D eigenvalue weighted by Gasteiger charge is -2.40. The second-order valence-corrected chi connectivity index (χ2v) is 5.62. The summed E-state index contributed by atoms with van der Waals surface area (Å²) in [4.78, 5) is 2.35. The van der Waals surface area contributed by atoms with Crippen LogP contribution >= 0.6 is 0 Å². The molecule has 0 aromatic carbocycles.